The predicted molar refractivity (Wildman–Crippen MR) is 78.0 cm³/mol. The van der Waals surface area contributed by atoms with Crippen LogP contribution in [0.3, 0.4) is 0 Å². The van der Waals surface area contributed by atoms with Crippen LogP contribution < -0.4 is 11.1 Å². The molecule has 3 nitrogen and oxygen atoms in total. The van der Waals surface area contributed by atoms with Gasteiger partial charge in [0.2, 0.25) is 5.91 Å². The number of hydrogen-bond donors (Lipinski definition) is 2. The SMILES string of the molecule is CSCC[C@H](N)C(=O)Nc1ccccc1SC(F)(F)F. The summed E-state index contributed by atoms with van der Waals surface area (Å²) in [5.41, 5.74) is 1.40. The summed E-state index contributed by atoms with van der Waals surface area (Å²) in [6, 6.07) is 5.04. The zero-order valence-corrected chi connectivity index (χ0v) is 12.4. The minimum absolute atomic E-state index is 0.0505. The molecular formula is C12H15F3N2OS2. The second-order valence-electron chi connectivity index (χ2n) is 3.92. The molecule has 1 amide bonds. The standard InChI is InChI=1S/C12H15F3N2OS2/c1-19-7-6-8(16)11(18)17-9-4-2-3-5-10(9)20-12(13,14)15/h2-5,8H,6-7,16H2,1H3,(H,17,18)/t8-/m0/s1. The van der Waals surface area contributed by atoms with E-state index in [9.17, 15) is 18.0 Å². The van der Waals surface area contributed by atoms with Crippen molar-refractivity contribution < 1.29 is 18.0 Å². The van der Waals surface area contributed by atoms with E-state index >= 15 is 0 Å². The Balaban J connectivity index is 2.74. The van der Waals surface area contributed by atoms with Gasteiger partial charge in [-0.25, -0.2) is 0 Å². The molecule has 0 unspecified atom stereocenters. The Hall–Kier alpha value is -0.860. The van der Waals surface area contributed by atoms with E-state index in [4.69, 9.17) is 5.73 Å². The Labute approximate surface area is 123 Å². The average molecular weight is 324 g/mol. The van der Waals surface area contributed by atoms with E-state index in [-0.39, 0.29) is 22.3 Å². The lowest BCUT2D eigenvalue weighted by molar-refractivity contribution is -0.117. The number of thioether (sulfide) groups is 2. The summed E-state index contributed by atoms with van der Waals surface area (Å²) >= 11 is 1.29. The third kappa shape index (κ3) is 6.06. The van der Waals surface area contributed by atoms with Crippen LogP contribution in [0.5, 0.6) is 0 Å². The van der Waals surface area contributed by atoms with Crippen molar-refractivity contribution in [3.63, 3.8) is 0 Å². The number of carbonyl (C=O) groups excluding carboxylic acids is 1. The molecule has 0 aliphatic carbocycles. The first-order valence-corrected chi connectivity index (χ1v) is 7.94. The van der Waals surface area contributed by atoms with E-state index in [1.54, 1.807) is 17.8 Å². The van der Waals surface area contributed by atoms with Crippen molar-refractivity contribution in [3.05, 3.63) is 24.3 Å². The van der Waals surface area contributed by atoms with Gasteiger partial charge in [-0.05, 0) is 42.3 Å². The fourth-order valence-corrected chi connectivity index (χ4v) is 2.50. The number of nitrogens with one attached hydrogen (secondary N) is 1. The monoisotopic (exact) mass is 324 g/mol. The van der Waals surface area contributed by atoms with Crippen LogP contribution in [0, 0.1) is 0 Å². The van der Waals surface area contributed by atoms with Crippen molar-refractivity contribution in [1.82, 2.24) is 0 Å². The van der Waals surface area contributed by atoms with Crippen molar-refractivity contribution in [2.45, 2.75) is 22.9 Å². The second kappa shape index (κ2) is 7.80. The summed E-state index contributed by atoms with van der Waals surface area (Å²) in [6.45, 7) is 0. The first kappa shape index (κ1) is 17.2. The summed E-state index contributed by atoms with van der Waals surface area (Å²) in [4.78, 5) is 11.7. The molecule has 8 heteroatoms. The number of hydrogen-bond acceptors (Lipinski definition) is 4. The number of halogens is 3. The molecule has 0 radical (unpaired) electrons. The highest BCUT2D eigenvalue weighted by Gasteiger charge is 2.30. The van der Waals surface area contributed by atoms with Gasteiger partial charge in [-0.1, -0.05) is 12.1 Å². The van der Waals surface area contributed by atoms with Crippen molar-refractivity contribution in [2.75, 3.05) is 17.3 Å². The lowest BCUT2D eigenvalue weighted by atomic mass is 10.2. The van der Waals surface area contributed by atoms with Gasteiger partial charge in [0, 0.05) is 4.90 Å². The normalized spacial score (nSPS) is 13.1. The van der Waals surface area contributed by atoms with Gasteiger partial charge in [-0.2, -0.15) is 24.9 Å². The first-order chi connectivity index (χ1) is 9.33. The number of carbonyl (C=O) groups is 1. The molecule has 0 spiro atoms. The van der Waals surface area contributed by atoms with Crippen LogP contribution in [0.2, 0.25) is 0 Å². The average Bonchev–Trinajstić information content (AvgIpc) is 2.36. The number of alkyl halides is 3. The predicted octanol–water partition coefficient (Wildman–Crippen LogP) is 3.32. The Bertz CT molecular complexity index is 455. The largest absolute Gasteiger partial charge is 0.446 e. The Morgan fingerprint density at radius 3 is 2.65 bits per heavy atom. The number of amides is 1. The minimum Gasteiger partial charge on any atom is -0.324 e. The van der Waals surface area contributed by atoms with Crippen molar-refractivity contribution in [3.8, 4) is 0 Å². The molecule has 0 bridgehead atoms. The molecule has 0 saturated heterocycles. The van der Waals surface area contributed by atoms with Gasteiger partial charge in [0.25, 0.3) is 0 Å². The molecule has 0 aliphatic heterocycles. The molecule has 0 aliphatic rings. The van der Waals surface area contributed by atoms with Gasteiger partial charge in [-0.15, -0.1) is 0 Å². The van der Waals surface area contributed by atoms with Gasteiger partial charge in [0.1, 0.15) is 0 Å². The summed E-state index contributed by atoms with van der Waals surface area (Å²) in [7, 11) is 0. The van der Waals surface area contributed by atoms with E-state index in [0.29, 0.717) is 12.2 Å². The maximum Gasteiger partial charge on any atom is 0.446 e. The van der Waals surface area contributed by atoms with E-state index in [1.807, 2.05) is 6.26 Å². The van der Waals surface area contributed by atoms with Gasteiger partial charge in [0.15, 0.2) is 0 Å². The van der Waals surface area contributed by atoms with Crippen LogP contribution in [0.1, 0.15) is 6.42 Å². The third-order valence-corrected chi connectivity index (χ3v) is 3.79. The number of rotatable bonds is 6. The van der Waals surface area contributed by atoms with Crippen molar-refractivity contribution >= 4 is 35.1 Å². The van der Waals surface area contributed by atoms with Gasteiger partial charge in [-0.3, -0.25) is 4.79 Å². The molecular weight excluding hydrogens is 309 g/mol. The molecule has 0 fully saturated rings. The van der Waals surface area contributed by atoms with E-state index < -0.39 is 17.5 Å². The smallest absolute Gasteiger partial charge is 0.324 e. The quantitative estimate of drug-likeness (QED) is 0.788. The van der Waals surface area contributed by atoms with Gasteiger partial charge < -0.3 is 11.1 Å². The van der Waals surface area contributed by atoms with Crippen LogP contribution in [0.25, 0.3) is 0 Å². The highest BCUT2D eigenvalue weighted by atomic mass is 32.2. The molecule has 112 valence electrons. The lowest BCUT2D eigenvalue weighted by Gasteiger charge is -2.15. The molecule has 20 heavy (non-hydrogen) atoms. The number of para-hydroxylation sites is 1. The fraction of sp³-hybridized carbons (Fsp3) is 0.417. The fourth-order valence-electron chi connectivity index (χ4n) is 1.38. The molecule has 0 saturated carbocycles. The maximum atomic E-state index is 12.4. The Morgan fingerprint density at radius 1 is 1.40 bits per heavy atom. The zero-order chi connectivity index (χ0) is 15.2. The third-order valence-electron chi connectivity index (χ3n) is 2.34. The summed E-state index contributed by atoms with van der Waals surface area (Å²) in [5, 5.41) is 2.45. The number of benzene rings is 1. The van der Waals surface area contributed by atoms with Crippen LogP contribution in [-0.4, -0.2) is 29.5 Å². The Morgan fingerprint density at radius 2 is 2.05 bits per heavy atom. The van der Waals surface area contributed by atoms with Crippen LogP contribution in [-0.2, 0) is 4.79 Å². The second-order valence-corrected chi connectivity index (χ2v) is 6.01. The van der Waals surface area contributed by atoms with Crippen molar-refractivity contribution in [1.29, 1.82) is 0 Å². The summed E-state index contributed by atoms with van der Waals surface area (Å²) in [6.07, 6.45) is 2.36. The van der Waals surface area contributed by atoms with E-state index in [1.165, 1.54) is 18.2 Å². The zero-order valence-electron chi connectivity index (χ0n) is 10.7. The molecule has 1 aromatic carbocycles. The number of anilines is 1. The van der Waals surface area contributed by atoms with E-state index in [2.05, 4.69) is 5.32 Å². The number of nitrogens with two attached hydrogens (primary N) is 1. The van der Waals surface area contributed by atoms with Crippen LogP contribution in [0.15, 0.2) is 29.2 Å². The summed E-state index contributed by atoms with van der Waals surface area (Å²) in [5.74, 6) is 0.238. The molecule has 3 N–H and O–H groups in total. The van der Waals surface area contributed by atoms with Crippen LogP contribution in [0.4, 0.5) is 18.9 Å². The maximum absolute atomic E-state index is 12.4. The molecule has 1 atom stereocenters. The highest BCUT2D eigenvalue weighted by Crippen LogP contribution is 2.40. The molecule has 0 aromatic heterocycles. The van der Waals surface area contributed by atoms with Gasteiger partial charge >= 0.3 is 5.51 Å². The molecule has 1 aromatic rings. The van der Waals surface area contributed by atoms with Gasteiger partial charge in [0.05, 0.1) is 11.7 Å². The molecule has 1 rings (SSSR count). The minimum atomic E-state index is -4.40. The van der Waals surface area contributed by atoms with Crippen molar-refractivity contribution in [2.24, 2.45) is 5.73 Å². The Kier molecular flexibility index (Phi) is 6.70. The van der Waals surface area contributed by atoms with Crippen LogP contribution >= 0.6 is 23.5 Å². The molecule has 0 heterocycles. The lowest BCUT2D eigenvalue weighted by Crippen LogP contribution is -2.36. The topological polar surface area (TPSA) is 55.1 Å². The first-order valence-electron chi connectivity index (χ1n) is 5.73. The van der Waals surface area contributed by atoms with E-state index in [0.717, 1.165) is 0 Å². The highest BCUT2D eigenvalue weighted by molar-refractivity contribution is 8.00. The summed E-state index contributed by atoms with van der Waals surface area (Å²) < 4.78 is 37.2.